The summed E-state index contributed by atoms with van der Waals surface area (Å²) in [5.74, 6) is -0.390. The van der Waals surface area contributed by atoms with Crippen molar-refractivity contribution < 1.29 is 27.5 Å². The Morgan fingerprint density at radius 1 is 1.02 bits per heavy atom. The van der Waals surface area contributed by atoms with E-state index < -0.39 is 6.36 Å². The number of hydrogen-bond donors (Lipinski definition) is 0. The normalized spacial score (nSPS) is 18.1. The van der Waals surface area contributed by atoms with Crippen LogP contribution in [0.4, 0.5) is 13.2 Å². The lowest BCUT2D eigenvalue weighted by Crippen LogP contribution is -2.47. The van der Waals surface area contributed by atoms with Crippen molar-refractivity contribution in [3.63, 3.8) is 0 Å². The topological polar surface area (TPSA) is 85.5 Å². The number of hydrogen-bond acceptors (Lipinski definition) is 6. The first kappa shape index (κ1) is 29.0. The number of aryl methyl sites for hydroxylation is 2. The zero-order chi connectivity index (χ0) is 30.3. The van der Waals surface area contributed by atoms with Crippen LogP contribution in [-0.2, 0) is 11.3 Å². The van der Waals surface area contributed by atoms with Gasteiger partial charge in [0.25, 0.3) is 5.91 Å². The van der Waals surface area contributed by atoms with Crippen molar-refractivity contribution in [2.45, 2.75) is 58.1 Å². The Labute approximate surface area is 250 Å². The van der Waals surface area contributed by atoms with Crippen molar-refractivity contribution in [2.75, 3.05) is 19.6 Å². The van der Waals surface area contributed by atoms with Gasteiger partial charge >= 0.3 is 6.36 Å². The van der Waals surface area contributed by atoms with Crippen LogP contribution in [0.2, 0.25) is 0 Å². The number of nitrogens with zero attached hydrogens (tertiary/aromatic N) is 6. The van der Waals surface area contributed by atoms with E-state index in [0.29, 0.717) is 60.8 Å². The second-order valence-electron chi connectivity index (χ2n) is 11.0. The number of ether oxygens (including phenoxy) is 1. The largest absolute Gasteiger partial charge is 0.573 e. The average molecular weight is 613 g/mol. The lowest BCUT2D eigenvalue weighted by Gasteiger charge is -2.36. The minimum atomic E-state index is -4.77. The van der Waals surface area contributed by atoms with E-state index in [4.69, 9.17) is 0 Å². The smallest absolute Gasteiger partial charge is 0.406 e. The van der Waals surface area contributed by atoms with Gasteiger partial charge in [-0.05, 0) is 75.1 Å². The summed E-state index contributed by atoms with van der Waals surface area (Å²) in [6.45, 7) is 6.37. The third-order valence-electron chi connectivity index (χ3n) is 8.19. The molecule has 1 aromatic carbocycles. The highest BCUT2D eigenvalue weighted by Gasteiger charge is 2.39. The fourth-order valence-corrected chi connectivity index (χ4v) is 6.90. The number of benzene rings is 1. The number of aromatic nitrogens is 4. The van der Waals surface area contributed by atoms with Crippen molar-refractivity contribution >= 4 is 23.2 Å². The van der Waals surface area contributed by atoms with E-state index in [1.54, 1.807) is 27.8 Å². The summed E-state index contributed by atoms with van der Waals surface area (Å²) in [5, 5.41) is 8.59. The molecule has 2 amide bonds. The molecule has 1 unspecified atom stereocenters. The molecule has 13 heteroatoms. The van der Waals surface area contributed by atoms with Crippen LogP contribution in [-0.4, -0.2) is 73.2 Å². The van der Waals surface area contributed by atoms with E-state index in [-0.39, 0.29) is 29.6 Å². The molecule has 0 N–H and O–H groups in total. The van der Waals surface area contributed by atoms with Crippen molar-refractivity contribution in [1.29, 1.82) is 0 Å². The van der Waals surface area contributed by atoms with Gasteiger partial charge in [0.1, 0.15) is 17.5 Å². The summed E-state index contributed by atoms with van der Waals surface area (Å²) in [7, 11) is 0. The van der Waals surface area contributed by atoms with Crippen LogP contribution in [0.1, 0.15) is 52.1 Å². The maximum absolute atomic E-state index is 13.4. The Kier molecular flexibility index (Phi) is 7.75. The van der Waals surface area contributed by atoms with Crippen LogP contribution in [0.3, 0.4) is 0 Å². The van der Waals surface area contributed by atoms with Crippen LogP contribution < -0.4 is 4.74 Å². The molecule has 0 radical (unpaired) electrons. The monoisotopic (exact) mass is 612 g/mol. The van der Waals surface area contributed by atoms with Gasteiger partial charge in [0.05, 0.1) is 17.6 Å². The van der Waals surface area contributed by atoms with E-state index in [1.807, 2.05) is 24.9 Å². The minimum Gasteiger partial charge on any atom is -0.406 e. The van der Waals surface area contributed by atoms with Gasteiger partial charge in [-0.15, -0.1) is 29.6 Å². The highest BCUT2D eigenvalue weighted by molar-refractivity contribution is 7.17. The Balaban J connectivity index is 1.04. The molecule has 0 spiro atoms. The summed E-state index contributed by atoms with van der Waals surface area (Å²) >= 11 is 1.23. The summed E-state index contributed by atoms with van der Waals surface area (Å²) in [4.78, 5) is 31.5. The van der Waals surface area contributed by atoms with Crippen LogP contribution in [0, 0.1) is 13.8 Å². The van der Waals surface area contributed by atoms with E-state index in [0.717, 1.165) is 17.1 Å². The van der Waals surface area contributed by atoms with Gasteiger partial charge in [-0.25, -0.2) is 4.68 Å². The molecule has 5 heterocycles. The van der Waals surface area contributed by atoms with E-state index >= 15 is 0 Å². The number of thiophene rings is 1. The maximum Gasteiger partial charge on any atom is 0.573 e. The molecular weight excluding hydrogens is 581 g/mol. The highest BCUT2D eigenvalue weighted by atomic mass is 32.1. The highest BCUT2D eigenvalue weighted by Crippen LogP contribution is 2.34. The van der Waals surface area contributed by atoms with Crippen LogP contribution in [0.25, 0.3) is 10.4 Å². The minimum absolute atomic E-state index is 0.0363. The molecule has 4 aromatic rings. The third kappa shape index (κ3) is 6.17. The zero-order valence-electron chi connectivity index (χ0n) is 23.8. The fraction of sp³-hybridized carbons (Fsp3) is 0.400. The molecule has 226 valence electrons. The van der Waals surface area contributed by atoms with Gasteiger partial charge < -0.3 is 19.1 Å². The maximum atomic E-state index is 13.4. The third-order valence-corrected chi connectivity index (χ3v) is 9.31. The molecule has 1 atom stereocenters. The molecule has 0 bridgehead atoms. The number of amides is 2. The Morgan fingerprint density at radius 3 is 2.49 bits per heavy atom. The van der Waals surface area contributed by atoms with E-state index in [9.17, 15) is 22.8 Å². The molecule has 2 aliphatic heterocycles. The predicted octanol–water partition coefficient (Wildman–Crippen LogP) is 5.45. The van der Waals surface area contributed by atoms with Crippen LogP contribution in [0.5, 0.6) is 5.75 Å². The number of alkyl halides is 3. The lowest BCUT2D eigenvalue weighted by molar-refractivity contribution is -0.274. The summed E-state index contributed by atoms with van der Waals surface area (Å²) in [6.07, 6.45) is -0.901. The fourth-order valence-electron chi connectivity index (χ4n) is 5.93. The van der Waals surface area contributed by atoms with Crippen molar-refractivity contribution in [3.8, 4) is 16.2 Å². The summed E-state index contributed by atoms with van der Waals surface area (Å²) in [5.41, 5.74) is 3.63. The van der Waals surface area contributed by atoms with Gasteiger partial charge in [0, 0.05) is 41.9 Å². The first-order chi connectivity index (χ1) is 20.6. The van der Waals surface area contributed by atoms with E-state index in [2.05, 4.69) is 31.7 Å². The number of piperidine rings is 1. The Hall–Kier alpha value is -4.13. The molecule has 2 aliphatic rings. The summed E-state index contributed by atoms with van der Waals surface area (Å²) in [6, 6.07) is 12.9. The number of carbonyl (C=O) groups excluding carboxylic acids is 2. The molecule has 0 aliphatic carbocycles. The Bertz CT molecular complexity index is 1620. The number of likely N-dealkylation sites (tertiary alicyclic amines) is 2. The molecule has 9 nitrogen and oxygen atoms in total. The first-order valence-electron chi connectivity index (χ1n) is 14.1. The number of halogens is 3. The second kappa shape index (κ2) is 11.5. The van der Waals surface area contributed by atoms with E-state index in [1.165, 1.54) is 29.5 Å². The van der Waals surface area contributed by atoms with Crippen molar-refractivity contribution in [2.24, 2.45) is 0 Å². The SMILES string of the molecule is Cc1ccc(C)n1Cc1cn(C2CCN(C3CCN(C(=O)c4ccc(-c5cccc(OC(F)(F)F)c5)s4)CC3)C2=O)nn1. The van der Waals surface area contributed by atoms with Gasteiger partial charge in [-0.1, -0.05) is 17.3 Å². The Morgan fingerprint density at radius 2 is 1.77 bits per heavy atom. The van der Waals surface area contributed by atoms with Gasteiger partial charge in [0.15, 0.2) is 0 Å². The van der Waals surface area contributed by atoms with Crippen molar-refractivity contribution in [1.82, 2.24) is 29.4 Å². The standard InChI is InChI=1S/C30H31F3N6O3S/c1-19-6-7-20(2)38(19)17-22-18-39(35-34-22)25-12-15-37(28(25)40)23-10-13-36(14-11-23)29(41)27-9-8-26(43-27)21-4-3-5-24(16-21)42-30(31,32)33/h3-9,16,18,23,25H,10-15,17H2,1-2H3. The molecule has 6 rings (SSSR count). The molecular formula is C30H31F3N6O3S. The first-order valence-corrected chi connectivity index (χ1v) is 15.0. The average Bonchev–Trinajstić information content (AvgIpc) is 3.77. The summed E-state index contributed by atoms with van der Waals surface area (Å²) < 4.78 is 45.7. The van der Waals surface area contributed by atoms with Gasteiger partial charge in [-0.3, -0.25) is 9.59 Å². The van der Waals surface area contributed by atoms with Crippen LogP contribution in [0.15, 0.2) is 54.7 Å². The molecule has 0 saturated carbocycles. The predicted molar refractivity (Wildman–Crippen MR) is 154 cm³/mol. The molecule has 3 aromatic heterocycles. The lowest BCUT2D eigenvalue weighted by atomic mass is 10.0. The van der Waals surface area contributed by atoms with Crippen molar-refractivity contribution in [3.05, 3.63) is 76.7 Å². The zero-order valence-corrected chi connectivity index (χ0v) is 24.6. The molecule has 43 heavy (non-hydrogen) atoms. The number of carbonyl (C=O) groups is 2. The second-order valence-corrected chi connectivity index (χ2v) is 12.1. The van der Waals surface area contributed by atoms with Gasteiger partial charge in [0.2, 0.25) is 5.91 Å². The van der Waals surface area contributed by atoms with Gasteiger partial charge in [-0.2, -0.15) is 0 Å². The number of rotatable bonds is 7. The quantitative estimate of drug-likeness (QED) is 0.277. The van der Waals surface area contributed by atoms with Crippen LogP contribution >= 0.6 is 11.3 Å². The molecule has 2 fully saturated rings. The molecule has 2 saturated heterocycles.